The Bertz CT molecular complexity index is 478. The van der Waals surface area contributed by atoms with Gasteiger partial charge in [0.15, 0.2) is 0 Å². The minimum atomic E-state index is -2.77. The van der Waals surface area contributed by atoms with Crippen molar-refractivity contribution in [3.05, 3.63) is 33.4 Å². The molecule has 0 saturated carbocycles. The van der Waals surface area contributed by atoms with Crippen LogP contribution in [0.2, 0.25) is 0 Å². The molecule has 0 bridgehead atoms. The van der Waals surface area contributed by atoms with Crippen LogP contribution in [0.3, 0.4) is 0 Å². The lowest BCUT2D eigenvalue weighted by atomic mass is 10.1. The Morgan fingerprint density at radius 2 is 2.00 bits per heavy atom. The number of thiophene rings is 1. The average molecular weight is 281 g/mol. The topological polar surface area (TPSA) is 0 Å². The van der Waals surface area contributed by atoms with Crippen molar-refractivity contribution in [2.24, 2.45) is 0 Å². The van der Waals surface area contributed by atoms with Gasteiger partial charge in [-0.25, -0.2) is 13.2 Å². The first-order valence-corrected chi connectivity index (χ1v) is 5.36. The molecular formula is C9H4BrF3S. The van der Waals surface area contributed by atoms with Crippen LogP contribution in [0.5, 0.6) is 0 Å². The van der Waals surface area contributed by atoms with Gasteiger partial charge in [-0.2, -0.15) is 0 Å². The van der Waals surface area contributed by atoms with Gasteiger partial charge in [0.1, 0.15) is 5.82 Å². The molecule has 0 amide bonds. The van der Waals surface area contributed by atoms with Crippen LogP contribution in [0.25, 0.3) is 10.1 Å². The molecule has 0 radical (unpaired) electrons. The number of hydrogen-bond acceptors (Lipinski definition) is 1. The Kier molecular flexibility index (Phi) is 2.53. The molecule has 0 aliphatic heterocycles. The summed E-state index contributed by atoms with van der Waals surface area (Å²) in [6, 6.07) is 4.15. The van der Waals surface area contributed by atoms with E-state index in [1.165, 1.54) is 23.5 Å². The molecule has 14 heavy (non-hydrogen) atoms. The van der Waals surface area contributed by atoms with Gasteiger partial charge < -0.3 is 0 Å². The highest BCUT2D eigenvalue weighted by Gasteiger charge is 2.16. The summed E-state index contributed by atoms with van der Waals surface area (Å²) in [5, 5.41) is 0.250. The van der Waals surface area contributed by atoms with Crippen molar-refractivity contribution in [3.8, 4) is 0 Å². The molecule has 0 aliphatic rings. The molecular weight excluding hydrogens is 277 g/mol. The Morgan fingerprint density at radius 1 is 1.29 bits per heavy atom. The van der Waals surface area contributed by atoms with Crippen molar-refractivity contribution >= 4 is 37.4 Å². The molecule has 2 rings (SSSR count). The molecule has 0 fully saturated rings. The van der Waals surface area contributed by atoms with Crippen molar-refractivity contribution in [2.75, 3.05) is 0 Å². The summed E-state index contributed by atoms with van der Waals surface area (Å²) in [6.45, 7) is 0. The first-order chi connectivity index (χ1) is 6.59. The highest BCUT2D eigenvalue weighted by molar-refractivity contribution is 9.11. The fourth-order valence-corrected chi connectivity index (χ4v) is 2.77. The van der Waals surface area contributed by atoms with Crippen LogP contribution in [0, 0.1) is 5.82 Å². The first kappa shape index (κ1) is 9.98. The predicted molar refractivity (Wildman–Crippen MR) is 54.4 cm³/mol. The first-order valence-electron chi connectivity index (χ1n) is 3.75. The maximum absolute atomic E-state index is 13.4. The van der Waals surface area contributed by atoms with Crippen molar-refractivity contribution < 1.29 is 13.2 Å². The molecule has 0 N–H and O–H groups in total. The summed E-state index contributed by atoms with van der Waals surface area (Å²) in [5.74, 6) is -0.820. The molecule has 1 aromatic heterocycles. The van der Waals surface area contributed by atoms with Gasteiger partial charge in [-0.3, -0.25) is 0 Å². The third kappa shape index (κ3) is 1.54. The Balaban J connectivity index is 2.74. The second kappa shape index (κ2) is 3.55. The maximum atomic E-state index is 13.4. The molecule has 1 heterocycles. The van der Waals surface area contributed by atoms with E-state index < -0.39 is 17.8 Å². The van der Waals surface area contributed by atoms with Crippen LogP contribution in [-0.2, 0) is 0 Å². The Morgan fingerprint density at radius 3 is 2.64 bits per heavy atom. The molecule has 0 spiro atoms. The van der Waals surface area contributed by atoms with Gasteiger partial charge in [-0.1, -0.05) is 0 Å². The van der Waals surface area contributed by atoms with Gasteiger partial charge in [0.2, 0.25) is 0 Å². The zero-order valence-corrected chi connectivity index (χ0v) is 9.13. The number of benzene rings is 1. The molecule has 0 nitrogen and oxygen atoms in total. The molecule has 0 unspecified atom stereocenters. The van der Waals surface area contributed by atoms with Gasteiger partial charge in [-0.15, -0.1) is 11.3 Å². The van der Waals surface area contributed by atoms with E-state index in [4.69, 9.17) is 0 Å². The number of hydrogen-bond donors (Lipinski definition) is 0. The van der Waals surface area contributed by atoms with Crippen LogP contribution in [-0.4, -0.2) is 0 Å². The highest BCUT2D eigenvalue weighted by Crippen LogP contribution is 2.35. The van der Waals surface area contributed by atoms with Gasteiger partial charge >= 0.3 is 0 Å². The van der Waals surface area contributed by atoms with Crippen molar-refractivity contribution in [2.45, 2.75) is 6.43 Å². The smallest absolute Gasteiger partial charge is 0.206 e. The quantitative estimate of drug-likeness (QED) is 0.708. The minimum absolute atomic E-state index is 0.250. The van der Waals surface area contributed by atoms with Crippen molar-refractivity contribution in [3.63, 3.8) is 0 Å². The molecule has 0 aliphatic carbocycles. The SMILES string of the molecule is Fc1c(C(F)F)ccc2sc(Br)cc12. The van der Waals surface area contributed by atoms with E-state index in [1.807, 2.05) is 0 Å². The Hall–Kier alpha value is -0.550. The molecule has 1 aromatic carbocycles. The zero-order chi connectivity index (χ0) is 10.3. The maximum Gasteiger partial charge on any atom is 0.266 e. The van der Waals surface area contributed by atoms with E-state index in [0.717, 1.165) is 9.85 Å². The molecule has 2 aromatic rings. The van der Waals surface area contributed by atoms with E-state index in [1.54, 1.807) is 0 Å². The Labute approximate surface area is 90.5 Å². The summed E-state index contributed by atoms with van der Waals surface area (Å²) in [7, 11) is 0. The van der Waals surface area contributed by atoms with Crippen LogP contribution in [0.15, 0.2) is 22.0 Å². The summed E-state index contributed by atoms with van der Waals surface area (Å²) in [6.07, 6.45) is -2.77. The zero-order valence-electron chi connectivity index (χ0n) is 6.73. The second-order valence-corrected chi connectivity index (χ2v) is 5.19. The number of rotatable bonds is 1. The highest BCUT2D eigenvalue weighted by atomic mass is 79.9. The lowest BCUT2D eigenvalue weighted by Crippen LogP contribution is -1.89. The van der Waals surface area contributed by atoms with Gasteiger partial charge in [-0.05, 0) is 34.1 Å². The second-order valence-electron chi connectivity index (χ2n) is 2.73. The summed E-state index contributed by atoms with van der Waals surface area (Å²) in [5.41, 5.74) is -0.539. The number of fused-ring (bicyclic) bond motifs is 1. The predicted octanol–water partition coefficient (Wildman–Crippen LogP) is 4.74. The third-order valence-electron chi connectivity index (χ3n) is 1.87. The molecule has 0 atom stereocenters. The van der Waals surface area contributed by atoms with Crippen LogP contribution in [0.1, 0.15) is 12.0 Å². The van der Waals surface area contributed by atoms with Gasteiger partial charge in [0, 0.05) is 10.1 Å². The summed E-state index contributed by atoms with van der Waals surface area (Å²) < 4.78 is 39.5. The fourth-order valence-electron chi connectivity index (χ4n) is 1.23. The number of halogens is 4. The lowest BCUT2D eigenvalue weighted by molar-refractivity contribution is 0.147. The average Bonchev–Trinajstić information content (AvgIpc) is 2.46. The van der Waals surface area contributed by atoms with Crippen LogP contribution < -0.4 is 0 Å². The standard InChI is InChI=1S/C9H4BrF3S/c10-7-3-5-6(14-7)2-1-4(8(5)11)9(12)13/h1-3,9H. The monoisotopic (exact) mass is 280 g/mol. The molecule has 5 heteroatoms. The van der Waals surface area contributed by atoms with E-state index in [0.29, 0.717) is 4.70 Å². The lowest BCUT2D eigenvalue weighted by Gasteiger charge is -2.01. The summed E-state index contributed by atoms with van der Waals surface area (Å²) >= 11 is 4.50. The third-order valence-corrected chi connectivity index (χ3v) is 3.47. The largest absolute Gasteiger partial charge is 0.266 e. The van der Waals surface area contributed by atoms with E-state index in [-0.39, 0.29) is 5.39 Å². The van der Waals surface area contributed by atoms with Gasteiger partial charge in [0.25, 0.3) is 6.43 Å². The van der Waals surface area contributed by atoms with Gasteiger partial charge in [0.05, 0.1) is 9.35 Å². The van der Waals surface area contributed by atoms with Crippen LogP contribution in [0.4, 0.5) is 13.2 Å². The van der Waals surface area contributed by atoms with E-state index in [2.05, 4.69) is 15.9 Å². The van der Waals surface area contributed by atoms with E-state index >= 15 is 0 Å². The van der Waals surface area contributed by atoms with Crippen LogP contribution >= 0.6 is 27.3 Å². The molecule has 74 valence electrons. The fraction of sp³-hybridized carbons (Fsp3) is 0.111. The minimum Gasteiger partial charge on any atom is -0.206 e. The van der Waals surface area contributed by atoms with E-state index in [9.17, 15) is 13.2 Å². The summed E-state index contributed by atoms with van der Waals surface area (Å²) in [4.78, 5) is 0. The normalized spacial score (nSPS) is 11.5. The number of alkyl halides is 2. The van der Waals surface area contributed by atoms with Crippen molar-refractivity contribution in [1.82, 2.24) is 0 Å². The van der Waals surface area contributed by atoms with Crippen molar-refractivity contribution in [1.29, 1.82) is 0 Å². The molecule has 0 saturated heterocycles.